The molecule has 0 heterocycles. The first kappa shape index (κ1) is 21.2. The maximum atomic E-state index is 14.3. The van der Waals surface area contributed by atoms with Crippen molar-refractivity contribution in [3.63, 3.8) is 0 Å². The zero-order valence-electron chi connectivity index (χ0n) is 17.3. The van der Waals surface area contributed by atoms with Crippen LogP contribution in [0, 0.1) is 5.82 Å². The Kier molecular flexibility index (Phi) is 6.91. The molecule has 0 bridgehead atoms. The van der Waals surface area contributed by atoms with Crippen molar-refractivity contribution in [2.24, 2.45) is 0 Å². The van der Waals surface area contributed by atoms with Crippen molar-refractivity contribution < 1.29 is 18.7 Å². The monoisotopic (exact) mass is 408 g/mol. The van der Waals surface area contributed by atoms with E-state index in [1.807, 2.05) is 37.3 Å². The Hall–Kier alpha value is -3.54. The van der Waals surface area contributed by atoms with E-state index < -0.39 is 0 Å². The molecule has 0 saturated heterocycles. The molecule has 0 aromatic heterocycles. The quantitative estimate of drug-likeness (QED) is 0.551. The molecule has 0 aliphatic carbocycles. The molecular weight excluding hydrogens is 383 g/mol. The summed E-state index contributed by atoms with van der Waals surface area (Å²) in [5.41, 5.74) is 1.89. The van der Waals surface area contributed by atoms with Crippen molar-refractivity contribution in [2.75, 3.05) is 19.5 Å². The highest BCUT2D eigenvalue weighted by Crippen LogP contribution is 2.31. The predicted octanol–water partition coefficient (Wildman–Crippen LogP) is 5.64. The summed E-state index contributed by atoms with van der Waals surface area (Å²) < 4.78 is 24.9. The van der Waals surface area contributed by atoms with Crippen LogP contribution in [-0.2, 0) is 6.54 Å². The molecule has 3 aromatic carbocycles. The Morgan fingerprint density at radius 3 is 2.37 bits per heavy atom. The largest absolute Gasteiger partial charge is 0.497 e. The first-order valence-electron chi connectivity index (χ1n) is 9.61. The third kappa shape index (κ3) is 4.89. The van der Waals surface area contributed by atoms with Gasteiger partial charge in [0, 0.05) is 11.6 Å². The van der Waals surface area contributed by atoms with Gasteiger partial charge in [0.2, 0.25) is 0 Å². The second-order valence-electron chi connectivity index (χ2n) is 6.80. The van der Waals surface area contributed by atoms with Gasteiger partial charge in [0.1, 0.15) is 17.3 Å². The van der Waals surface area contributed by atoms with Gasteiger partial charge in [0.25, 0.3) is 0 Å². The zero-order chi connectivity index (χ0) is 21.5. The van der Waals surface area contributed by atoms with Crippen LogP contribution in [0.5, 0.6) is 11.5 Å². The van der Waals surface area contributed by atoms with E-state index in [2.05, 4.69) is 5.32 Å². The number of anilines is 1. The molecule has 1 atom stereocenters. The Morgan fingerprint density at radius 1 is 1.00 bits per heavy atom. The summed E-state index contributed by atoms with van der Waals surface area (Å²) in [5.74, 6) is 0.740. The summed E-state index contributed by atoms with van der Waals surface area (Å²) in [6.45, 7) is 2.04. The van der Waals surface area contributed by atoms with Gasteiger partial charge in [-0.2, -0.15) is 0 Å². The van der Waals surface area contributed by atoms with E-state index in [-0.39, 0.29) is 24.4 Å². The molecule has 6 heteroatoms. The van der Waals surface area contributed by atoms with Crippen molar-refractivity contribution in [3.8, 4) is 11.5 Å². The number of hydrogen-bond donors (Lipinski definition) is 1. The van der Waals surface area contributed by atoms with Crippen LogP contribution in [-0.4, -0.2) is 25.2 Å². The molecule has 156 valence electrons. The number of carbonyl (C=O) groups is 1. The molecule has 0 fully saturated rings. The minimum Gasteiger partial charge on any atom is -0.497 e. The van der Waals surface area contributed by atoms with E-state index in [0.29, 0.717) is 22.7 Å². The summed E-state index contributed by atoms with van der Waals surface area (Å²) in [6.07, 6.45) is 0. The van der Waals surface area contributed by atoms with E-state index in [1.165, 1.54) is 13.2 Å². The van der Waals surface area contributed by atoms with Crippen LogP contribution in [0.25, 0.3) is 0 Å². The second kappa shape index (κ2) is 9.78. The van der Waals surface area contributed by atoms with Crippen LogP contribution in [0.1, 0.15) is 24.1 Å². The molecule has 1 unspecified atom stereocenters. The fraction of sp³-hybridized carbons (Fsp3) is 0.208. The lowest BCUT2D eigenvalue weighted by atomic mass is 10.1. The summed E-state index contributed by atoms with van der Waals surface area (Å²) >= 11 is 0. The molecule has 0 radical (unpaired) electrons. The van der Waals surface area contributed by atoms with Crippen LogP contribution in [0.4, 0.5) is 14.9 Å². The Bertz CT molecular complexity index is 995. The van der Waals surface area contributed by atoms with Crippen molar-refractivity contribution in [3.05, 3.63) is 89.7 Å². The smallest absolute Gasteiger partial charge is 0.322 e. The van der Waals surface area contributed by atoms with E-state index in [1.54, 1.807) is 48.4 Å². The lowest BCUT2D eigenvalue weighted by Crippen LogP contribution is -2.37. The SMILES string of the molecule is COc1ccc(NC(=O)N(Cc2ccccc2F)C(C)c2ccccc2)c(OC)c1. The van der Waals surface area contributed by atoms with Crippen LogP contribution < -0.4 is 14.8 Å². The molecule has 30 heavy (non-hydrogen) atoms. The summed E-state index contributed by atoms with van der Waals surface area (Å²) in [4.78, 5) is 14.9. The minimum atomic E-state index is -0.363. The highest BCUT2D eigenvalue weighted by atomic mass is 19.1. The summed E-state index contributed by atoms with van der Waals surface area (Å²) in [5, 5.41) is 2.89. The van der Waals surface area contributed by atoms with Gasteiger partial charge >= 0.3 is 6.03 Å². The maximum absolute atomic E-state index is 14.3. The predicted molar refractivity (Wildman–Crippen MR) is 115 cm³/mol. The van der Waals surface area contributed by atoms with Gasteiger partial charge in [-0.15, -0.1) is 0 Å². The van der Waals surface area contributed by atoms with E-state index >= 15 is 0 Å². The summed E-state index contributed by atoms with van der Waals surface area (Å²) in [6, 6.07) is 20.6. The molecule has 0 spiro atoms. The van der Waals surface area contributed by atoms with Crippen molar-refractivity contribution in [1.82, 2.24) is 4.90 Å². The molecule has 1 N–H and O–H groups in total. The lowest BCUT2D eigenvalue weighted by molar-refractivity contribution is 0.188. The topological polar surface area (TPSA) is 50.8 Å². The van der Waals surface area contributed by atoms with Crippen molar-refractivity contribution >= 4 is 11.7 Å². The van der Waals surface area contributed by atoms with Gasteiger partial charge in [0.05, 0.1) is 32.5 Å². The first-order chi connectivity index (χ1) is 14.5. The lowest BCUT2D eigenvalue weighted by Gasteiger charge is -2.30. The number of nitrogens with one attached hydrogen (secondary N) is 1. The number of nitrogens with zero attached hydrogens (tertiary/aromatic N) is 1. The zero-order valence-corrected chi connectivity index (χ0v) is 17.3. The standard InChI is InChI=1S/C24H25FN2O3/c1-17(18-9-5-4-6-10-18)27(16-19-11-7-8-12-21(19)25)24(28)26-22-14-13-20(29-2)15-23(22)30-3/h4-15,17H,16H2,1-3H3,(H,26,28). The van der Waals surface area contributed by atoms with Gasteiger partial charge in [-0.3, -0.25) is 0 Å². The molecular formula is C24H25FN2O3. The van der Waals surface area contributed by atoms with Gasteiger partial charge < -0.3 is 19.7 Å². The second-order valence-corrected chi connectivity index (χ2v) is 6.80. The number of halogens is 1. The molecule has 0 aliphatic heterocycles. The average Bonchev–Trinajstić information content (AvgIpc) is 2.78. The fourth-order valence-electron chi connectivity index (χ4n) is 3.20. The third-order valence-electron chi connectivity index (χ3n) is 4.96. The highest BCUT2D eigenvalue weighted by molar-refractivity contribution is 5.91. The van der Waals surface area contributed by atoms with Gasteiger partial charge in [-0.1, -0.05) is 48.5 Å². The summed E-state index contributed by atoms with van der Waals surface area (Å²) in [7, 11) is 3.08. The van der Waals surface area contributed by atoms with Crippen molar-refractivity contribution in [2.45, 2.75) is 19.5 Å². The van der Waals surface area contributed by atoms with Gasteiger partial charge in [-0.05, 0) is 30.7 Å². The normalized spacial score (nSPS) is 11.5. The molecule has 0 saturated carbocycles. The molecule has 3 rings (SSSR count). The number of methoxy groups -OCH3 is 2. The molecule has 5 nitrogen and oxygen atoms in total. The number of rotatable bonds is 7. The number of hydrogen-bond acceptors (Lipinski definition) is 3. The maximum Gasteiger partial charge on any atom is 0.322 e. The van der Waals surface area contributed by atoms with Gasteiger partial charge in [-0.25, -0.2) is 9.18 Å². The van der Waals surface area contributed by atoms with E-state index in [4.69, 9.17) is 9.47 Å². The first-order valence-corrected chi connectivity index (χ1v) is 9.61. The number of ether oxygens (including phenoxy) is 2. The fourth-order valence-corrected chi connectivity index (χ4v) is 3.20. The Balaban J connectivity index is 1.91. The van der Waals surface area contributed by atoms with E-state index in [0.717, 1.165) is 5.56 Å². The Morgan fingerprint density at radius 2 is 1.70 bits per heavy atom. The average molecular weight is 408 g/mol. The molecule has 3 aromatic rings. The van der Waals surface area contributed by atoms with Crippen LogP contribution in [0.3, 0.4) is 0 Å². The highest BCUT2D eigenvalue weighted by Gasteiger charge is 2.24. The number of benzene rings is 3. The Labute approximate surface area is 176 Å². The minimum absolute atomic E-state index is 0.118. The third-order valence-corrected chi connectivity index (χ3v) is 4.96. The van der Waals surface area contributed by atoms with Crippen molar-refractivity contribution in [1.29, 1.82) is 0 Å². The number of amides is 2. The van der Waals surface area contributed by atoms with Crippen LogP contribution in [0.15, 0.2) is 72.8 Å². The van der Waals surface area contributed by atoms with E-state index in [9.17, 15) is 9.18 Å². The molecule has 2 amide bonds. The van der Waals surface area contributed by atoms with Gasteiger partial charge in [0.15, 0.2) is 0 Å². The van der Waals surface area contributed by atoms with Crippen LogP contribution in [0.2, 0.25) is 0 Å². The van der Waals surface area contributed by atoms with Crippen LogP contribution >= 0.6 is 0 Å². The molecule has 0 aliphatic rings. The number of urea groups is 1. The number of carbonyl (C=O) groups excluding carboxylic acids is 1.